The molecule has 0 heterocycles. The molecule has 0 aliphatic heterocycles. The van der Waals surface area contributed by atoms with E-state index in [1.807, 2.05) is 27.7 Å². The molecule has 0 aliphatic rings. The minimum atomic E-state index is -0.442. The number of likely N-dealkylation sites (N-methyl/N-ethyl adjacent to an activating group) is 1. The first-order chi connectivity index (χ1) is 6.34. The number of hydrogen-bond acceptors (Lipinski definition) is 2. The fraction of sp³-hybridized carbons (Fsp3) is 0.727. The van der Waals surface area contributed by atoms with Crippen molar-refractivity contribution in [2.75, 3.05) is 13.1 Å². The third kappa shape index (κ3) is 3.50. The van der Waals surface area contributed by atoms with Gasteiger partial charge in [-0.05, 0) is 12.3 Å². The van der Waals surface area contributed by atoms with E-state index < -0.39 is 6.04 Å². The first-order valence-electron chi connectivity index (χ1n) is 4.99. The number of nitrogens with zero attached hydrogens (tertiary/aromatic N) is 1. The van der Waals surface area contributed by atoms with E-state index in [1.54, 1.807) is 11.0 Å². The molecular formula is C11H22N2O. The van der Waals surface area contributed by atoms with Crippen LogP contribution in [0, 0.1) is 5.41 Å². The molecule has 1 amide bonds. The maximum absolute atomic E-state index is 11.9. The number of nitrogens with two attached hydrogens (primary N) is 1. The van der Waals surface area contributed by atoms with Crippen molar-refractivity contribution in [2.45, 2.75) is 33.7 Å². The topological polar surface area (TPSA) is 46.3 Å². The van der Waals surface area contributed by atoms with Gasteiger partial charge in [0.2, 0.25) is 5.91 Å². The summed E-state index contributed by atoms with van der Waals surface area (Å²) >= 11 is 0. The molecule has 2 N–H and O–H groups in total. The standard InChI is InChI=1S/C11H22N2O/c1-6-8-13(7-2)10(14)9(12)11(3,4)5/h6,9H,1,7-8,12H2,2-5H3/t9-/m1/s1. The Hall–Kier alpha value is -0.830. The second-order valence-corrected chi connectivity index (χ2v) is 4.51. The predicted octanol–water partition coefficient (Wildman–Crippen LogP) is 1.39. The lowest BCUT2D eigenvalue weighted by molar-refractivity contribution is -0.134. The monoisotopic (exact) mass is 198 g/mol. The molecule has 82 valence electrons. The van der Waals surface area contributed by atoms with Gasteiger partial charge >= 0.3 is 0 Å². The van der Waals surface area contributed by atoms with Crippen LogP contribution in [-0.2, 0) is 4.79 Å². The zero-order valence-electron chi connectivity index (χ0n) is 9.71. The molecule has 0 saturated heterocycles. The Kier molecular flexibility index (Phi) is 4.85. The van der Waals surface area contributed by atoms with Crippen LogP contribution in [0.4, 0.5) is 0 Å². The highest BCUT2D eigenvalue weighted by Gasteiger charge is 2.29. The highest BCUT2D eigenvalue weighted by atomic mass is 16.2. The van der Waals surface area contributed by atoms with Gasteiger partial charge in [0, 0.05) is 13.1 Å². The van der Waals surface area contributed by atoms with Crippen LogP contribution in [0.25, 0.3) is 0 Å². The molecule has 3 heteroatoms. The maximum atomic E-state index is 11.9. The van der Waals surface area contributed by atoms with Gasteiger partial charge in [0.25, 0.3) is 0 Å². The first kappa shape index (κ1) is 13.2. The van der Waals surface area contributed by atoms with E-state index in [4.69, 9.17) is 5.73 Å². The number of amides is 1. The van der Waals surface area contributed by atoms with Crippen molar-refractivity contribution in [1.29, 1.82) is 0 Å². The van der Waals surface area contributed by atoms with Gasteiger partial charge in [-0.2, -0.15) is 0 Å². The fourth-order valence-corrected chi connectivity index (χ4v) is 1.10. The molecule has 0 aromatic rings. The average Bonchev–Trinajstić information content (AvgIpc) is 2.10. The van der Waals surface area contributed by atoms with Crippen molar-refractivity contribution in [3.63, 3.8) is 0 Å². The Morgan fingerprint density at radius 3 is 2.36 bits per heavy atom. The molecule has 14 heavy (non-hydrogen) atoms. The largest absolute Gasteiger partial charge is 0.338 e. The van der Waals surface area contributed by atoms with Crippen molar-refractivity contribution in [1.82, 2.24) is 4.90 Å². The van der Waals surface area contributed by atoms with Gasteiger partial charge in [0.1, 0.15) is 0 Å². The van der Waals surface area contributed by atoms with Crippen molar-refractivity contribution in [3.05, 3.63) is 12.7 Å². The average molecular weight is 198 g/mol. The molecule has 0 aliphatic carbocycles. The smallest absolute Gasteiger partial charge is 0.240 e. The Morgan fingerprint density at radius 1 is 1.57 bits per heavy atom. The lowest BCUT2D eigenvalue weighted by Crippen LogP contribution is -2.50. The summed E-state index contributed by atoms with van der Waals surface area (Å²) in [6, 6.07) is -0.442. The second kappa shape index (κ2) is 5.15. The van der Waals surface area contributed by atoms with Crippen LogP contribution < -0.4 is 5.73 Å². The van der Waals surface area contributed by atoms with Crippen molar-refractivity contribution in [2.24, 2.45) is 11.1 Å². The summed E-state index contributed by atoms with van der Waals surface area (Å²) in [5.41, 5.74) is 5.69. The summed E-state index contributed by atoms with van der Waals surface area (Å²) in [6.07, 6.45) is 1.72. The normalized spacial score (nSPS) is 13.5. The van der Waals surface area contributed by atoms with Gasteiger partial charge in [-0.3, -0.25) is 4.79 Å². The SMILES string of the molecule is C=CCN(CC)C(=O)[C@@H](N)C(C)(C)C. The minimum Gasteiger partial charge on any atom is -0.338 e. The zero-order valence-corrected chi connectivity index (χ0v) is 9.71. The molecule has 0 bridgehead atoms. The fourth-order valence-electron chi connectivity index (χ4n) is 1.10. The molecule has 0 saturated carbocycles. The highest BCUT2D eigenvalue weighted by Crippen LogP contribution is 2.18. The van der Waals surface area contributed by atoms with Crippen molar-refractivity contribution in [3.8, 4) is 0 Å². The predicted molar refractivity (Wildman–Crippen MR) is 59.9 cm³/mol. The summed E-state index contributed by atoms with van der Waals surface area (Å²) in [5.74, 6) is -0.0000926. The Balaban J connectivity index is 4.50. The summed E-state index contributed by atoms with van der Waals surface area (Å²) in [4.78, 5) is 13.6. The molecule has 0 aromatic carbocycles. The van der Waals surface area contributed by atoms with Gasteiger partial charge in [0.15, 0.2) is 0 Å². The maximum Gasteiger partial charge on any atom is 0.240 e. The number of hydrogen-bond donors (Lipinski definition) is 1. The summed E-state index contributed by atoms with van der Waals surface area (Å²) in [7, 11) is 0. The van der Waals surface area contributed by atoms with Crippen LogP contribution in [0.15, 0.2) is 12.7 Å². The van der Waals surface area contributed by atoms with E-state index in [0.717, 1.165) is 0 Å². The van der Waals surface area contributed by atoms with Gasteiger partial charge in [-0.25, -0.2) is 0 Å². The Bertz CT molecular complexity index is 206. The number of carbonyl (C=O) groups is 1. The molecule has 0 radical (unpaired) electrons. The van der Waals surface area contributed by atoms with E-state index in [-0.39, 0.29) is 11.3 Å². The van der Waals surface area contributed by atoms with Crippen molar-refractivity contribution < 1.29 is 4.79 Å². The van der Waals surface area contributed by atoms with Crippen LogP contribution in [0.5, 0.6) is 0 Å². The third-order valence-corrected chi connectivity index (χ3v) is 2.24. The zero-order chi connectivity index (χ0) is 11.4. The van der Waals surface area contributed by atoms with Crippen LogP contribution in [0.3, 0.4) is 0 Å². The molecule has 0 spiro atoms. The van der Waals surface area contributed by atoms with Crippen LogP contribution in [0.1, 0.15) is 27.7 Å². The lowest BCUT2D eigenvalue weighted by atomic mass is 9.86. The van der Waals surface area contributed by atoms with Crippen molar-refractivity contribution >= 4 is 5.91 Å². The van der Waals surface area contributed by atoms with E-state index in [2.05, 4.69) is 6.58 Å². The van der Waals surface area contributed by atoms with E-state index in [9.17, 15) is 4.79 Å². The molecule has 0 aromatic heterocycles. The molecule has 0 rings (SSSR count). The first-order valence-corrected chi connectivity index (χ1v) is 4.99. The Morgan fingerprint density at radius 2 is 2.07 bits per heavy atom. The third-order valence-electron chi connectivity index (χ3n) is 2.24. The van der Waals surface area contributed by atoms with Gasteiger partial charge < -0.3 is 10.6 Å². The minimum absolute atomic E-state index is 0.0000926. The number of carbonyl (C=O) groups excluding carboxylic acids is 1. The summed E-state index contributed by atoms with van der Waals surface area (Å²) in [5, 5.41) is 0. The molecule has 3 nitrogen and oxygen atoms in total. The van der Waals surface area contributed by atoms with E-state index in [1.165, 1.54) is 0 Å². The molecule has 1 atom stereocenters. The quantitative estimate of drug-likeness (QED) is 0.694. The van der Waals surface area contributed by atoms with Gasteiger partial charge in [-0.1, -0.05) is 26.8 Å². The highest BCUT2D eigenvalue weighted by molar-refractivity contribution is 5.82. The van der Waals surface area contributed by atoms with E-state index >= 15 is 0 Å². The summed E-state index contributed by atoms with van der Waals surface area (Å²) in [6.45, 7) is 12.7. The van der Waals surface area contributed by atoms with Crippen LogP contribution >= 0.6 is 0 Å². The molecule has 0 unspecified atom stereocenters. The van der Waals surface area contributed by atoms with E-state index in [0.29, 0.717) is 13.1 Å². The second-order valence-electron chi connectivity index (χ2n) is 4.51. The van der Waals surface area contributed by atoms with Gasteiger partial charge in [0.05, 0.1) is 6.04 Å². The molecular weight excluding hydrogens is 176 g/mol. The Labute approximate surface area is 87.0 Å². The number of rotatable bonds is 4. The van der Waals surface area contributed by atoms with Crippen LogP contribution in [-0.4, -0.2) is 29.9 Å². The van der Waals surface area contributed by atoms with Crippen LogP contribution in [0.2, 0.25) is 0 Å². The summed E-state index contributed by atoms with van der Waals surface area (Å²) < 4.78 is 0. The molecule has 0 fully saturated rings. The lowest BCUT2D eigenvalue weighted by Gasteiger charge is -2.30. The van der Waals surface area contributed by atoms with Gasteiger partial charge in [-0.15, -0.1) is 6.58 Å².